The number of fused-ring (bicyclic) bond motifs is 2. The van der Waals surface area contributed by atoms with Gasteiger partial charge < -0.3 is 10.6 Å². The largest absolute Gasteiger partial charge is 0.336 e. The van der Waals surface area contributed by atoms with E-state index < -0.39 is 0 Å². The Bertz CT molecular complexity index is 981. The average molecular weight is 447 g/mol. The van der Waals surface area contributed by atoms with Crippen LogP contribution in [0.1, 0.15) is 36.5 Å². The maximum absolute atomic E-state index is 5.80. The SMILES string of the molecule is CCCSC(SCCCN)=C1c2ccccc2N(Cc2ccccc2)c2ccccc21. The second kappa shape index (κ2) is 10.9. The lowest BCUT2D eigenvalue weighted by Crippen LogP contribution is -2.23. The van der Waals surface area contributed by atoms with Gasteiger partial charge in [0.25, 0.3) is 0 Å². The molecule has 1 heterocycles. The van der Waals surface area contributed by atoms with Gasteiger partial charge in [-0.05, 0) is 48.6 Å². The molecule has 0 saturated carbocycles. The van der Waals surface area contributed by atoms with Crippen LogP contribution in [0.3, 0.4) is 0 Å². The molecule has 0 atom stereocenters. The first-order valence-electron chi connectivity index (χ1n) is 11.0. The Morgan fingerprint density at radius 1 is 0.774 bits per heavy atom. The summed E-state index contributed by atoms with van der Waals surface area (Å²) in [5.74, 6) is 2.19. The molecule has 0 saturated heterocycles. The van der Waals surface area contributed by atoms with Crippen molar-refractivity contribution in [3.8, 4) is 0 Å². The molecule has 3 aromatic carbocycles. The third-order valence-corrected chi connectivity index (χ3v) is 8.08. The van der Waals surface area contributed by atoms with Gasteiger partial charge in [-0.3, -0.25) is 0 Å². The monoisotopic (exact) mass is 446 g/mol. The van der Waals surface area contributed by atoms with Crippen molar-refractivity contribution >= 4 is 40.5 Å². The number of benzene rings is 3. The lowest BCUT2D eigenvalue weighted by Gasteiger charge is -2.35. The lowest BCUT2D eigenvalue weighted by atomic mass is 9.91. The molecular weight excluding hydrogens is 416 g/mol. The maximum atomic E-state index is 5.80. The van der Waals surface area contributed by atoms with Crippen molar-refractivity contribution < 1.29 is 0 Å². The first-order chi connectivity index (χ1) is 15.3. The number of anilines is 2. The summed E-state index contributed by atoms with van der Waals surface area (Å²) in [6, 6.07) is 28.5. The van der Waals surface area contributed by atoms with Gasteiger partial charge in [-0.15, -0.1) is 23.5 Å². The van der Waals surface area contributed by atoms with Gasteiger partial charge in [-0.1, -0.05) is 73.7 Å². The highest BCUT2D eigenvalue weighted by atomic mass is 32.2. The van der Waals surface area contributed by atoms with Crippen LogP contribution in [0.5, 0.6) is 0 Å². The van der Waals surface area contributed by atoms with Gasteiger partial charge in [0.05, 0.1) is 0 Å². The Morgan fingerprint density at radius 3 is 1.97 bits per heavy atom. The van der Waals surface area contributed by atoms with Crippen molar-refractivity contribution in [2.75, 3.05) is 23.0 Å². The Morgan fingerprint density at radius 2 is 1.35 bits per heavy atom. The van der Waals surface area contributed by atoms with E-state index in [1.54, 1.807) is 0 Å². The number of thioether (sulfide) groups is 2. The molecule has 2 N–H and O–H groups in total. The van der Waals surface area contributed by atoms with Crippen LogP contribution in [-0.2, 0) is 6.54 Å². The summed E-state index contributed by atoms with van der Waals surface area (Å²) in [7, 11) is 0. The number of nitrogens with zero attached hydrogens (tertiary/aromatic N) is 1. The van der Waals surface area contributed by atoms with Gasteiger partial charge in [0, 0.05) is 38.9 Å². The Balaban J connectivity index is 1.85. The predicted octanol–water partition coefficient (Wildman–Crippen LogP) is 7.28. The highest BCUT2D eigenvalue weighted by Crippen LogP contribution is 2.50. The van der Waals surface area contributed by atoms with Gasteiger partial charge in [0.15, 0.2) is 0 Å². The van der Waals surface area contributed by atoms with Gasteiger partial charge in [0.2, 0.25) is 0 Å². The van der Waals surface area contributed by atoms with Crippen LogP contribution in [0, 0.1) is 0 Å². The van der Waals surface area contributed by atoms with Crippen molar-refractivity contribution in [1.29, 1.82) is 0 Å². The molecule has 0 radical (unpaired) electrons. The second-order valence-corrected chi connectivity index (χ2v) is 10.1. The fraction of sp³-hybridized carbons (Fsp3) is 0.259. The third kappa shape index (κ3) is 5.03. The Hall–Kier alpha value is -2.14. The first-order valence-corrected chi connectivity index (χ1v) is 13.0. The second-order valence-electron chi connectivity index (χ2n) is 7.61. The molecule has 160 valence electrons. The molecular formula is C27H30N2S2. The fourth-order valence-electron chi connectivity index (χ4n) is 3.90. The molecule has 1 aliphatic heterocycles. The van der Waals surface area contributed by atoms with E-state index in [2.05, 4.69) is 90.7 Å². The summed E-state index contributed by atoms with van der Waals surface area (Å²) in [6.45, 7) is 3.86. The van der Waals surface area contributed by atoms with Gasteiger partial charge in [-0.2, -0.15) is 0 Å². The van der Waals surface area contributed by atoms with E-state index in [1.165, 1.54) is 44.3 Å². The molecule has 0 fully saturated rings. The molecule has 0 unspecified atom stereocenters. The van der Waals surface area contributed by atoms with Crippen LogP contribution < -0.4 is 10.6 Å². The van der Waals surface area contributed by atoms with Crippen LogP contribution >= 0.6 is 23.5 Å². The normalized spacial score (nSPS) is 12.5. The molecule has 0 bridgehead atoms. The molecule has 4 rings (SSSR count). The predicted molar refractivity (Wildman–Crippen MR) is 140 cm³/mol. The minimum atomic E-state index is 0.742. The summed E-state index contributed by atoms with van der Waals surface area (Å²) >= 11 is 3.96. The van der Waals surface area contributed by atoms with E-state index in [4.69, 9.17) is 5.73 Å². The van der Waals surface area contributed by atoms with Crippen molar-refractivity contribution in [3.63, 3.8) is 0 Å². The van der Waals surface area contributed by atoms with Crippen molar-refractivity contribution in [1.82, 2.24) is 0 Å². The molecule has 2 nitrogen and oxygen atoms in total. The number of nitrogens with two attached hydrogens (primary N) is 1. The van der Waals surface area contributed by atoms with Gasteiger partial charge >= 0.3 is 0 Å². The van der Waals surface area contributed by atoms with Gasteiger partial charge in [-0.25, -0.2) is 0 Å². The number of para-hydroxylation sites is 2. The average Bonchev–Trinajstić information content (AvgIpc) is 2.82. The van der Waals surface area contributed by atoms with Gasteiger partial charge in [0.1, 0.15) is 0 Å². The zero-order valence-corrected chi connectivity index (χ0v) is 19.7. The number of rotatable bonds is 9. The molecule has 31 heavy (non-hydrogen) atoms. The zero-order valence-electron chi connectivity index (χ0n) is 18.1. The van der Waals surface area contributed by atoms with Crippen LogP contribution in [0.2, 0.25) is 0 Å². The number of hydrogen-bond donors (Lipinski definition) is 1. The molecule has 3 aromatic rings. The third-order valence-electron chi connectivity index (χ3n) is 5.33. The molecule has 0 spiro atoms. The molecule has 1 aliphatic rings. The minimum absolute atomic E-state index is 0.742. The van der Waals surface area contributed by atoms with E-state index in [0.29, 0.717) is 0 Å². The van der Waals surface area contributed by atoms with E-state index in [-0.39, 0.29) is 0 Å². The molecule has 0 aromatic heterocycles. The topological polar surface area (TPSA) is 29.3 Å². The minimum Gasteiger partial charge on any atom is -0.336 e. The van der Waals surface area contributed by atoms with Crippen LogP contribution in [-0.4, -0.2) is 18.1 Å². The summed E-state index contributed by atoms with van der Waals surface area (Å²) < 4.78 is 1.43. The summed E-state index contributed by atoms with van der Waals surface area (Å²) in [5.41, 5.74) is 13.7. The van der Waals surface area contributed by atoms with Crippen molar-refractivity contribution in [3.05, 3.63) is 99.8 Å². The van der Waals surface area contributed by atoms with Crippen LogP contribution in [0.25, 0.3) is 5.57 Å². The first kappa shape index (κ1) is 22.1. The molecule has 0 amide bonds. The van der Waals surface area contributed by atoms with E-state index in [9.17, 15) is 0 Å². The zero-order chi connectivity index (χ0) is 21.5. The standard InChI is InChI=1S/C27H30N2S2/c1-2-18-30-27(31-19-10-17-28)26-22-13-6-8-15-24(22)29(20-21-11-4-3-5-12-21)25-16-9-7-14-23(25)26/h3-9,11-16H,2,10,17-20,28H2,1H3. The Labute approximate surface area is 194 Å². The van der Waals surface area contributed by atoms with E-state index >= 15 is 0 Å². The Kier molecular flexibility index (Phi) is 7.79. The quantitative estimate of drug-likeness (QED) is 0.350. The summed E-state index contributed by atoms with van der Waals surface area (Å²) in [6.07, 6.45) is 2.21. The summed E-state index contributed by atoms with van der Waals surface area (Å²) in [5, 5.41) is 0. The van der Waals surface area contributed by atoms with Crippen molar-refractivity contribution in [2.45, 2.75) is 26.3 Å². The smallest absolute Gasteiger partial charge is 0.0494 e. The molecule has 4 heteroatoms. The lowest BCUT2D eigenvalue weighted by molar-refractivity contribution is 0.944. The van der Waals surface area contributed by atoms with E-state index in [1.807, 2.05) is 23.5 Å². The van der Waals surface area contributed by atoms with Crippen molar-refractivity contribution in [2.24, 2.45) is 5.73 Å². The van der Waals surface area contributed by atoms with Crippen LogP contribution in [0.4, 0.5) is 11.4 Å². The fourth-order valence-corrected chi connectivity index (χ4v) is 6.35. The highest BCUT2D eigenvalue weighted by Gasteiger charge is 2.28. The maximum Gasteiger partial charge on any atom is 0.0494 e. The summed E-state index contributed by atoms with van der Waals surface area (Å²) in [4.78, 5) is 2.47. The highest BCUT2D eigenvalue weighted by molar-refractivity contribution is 8.22. The van der Waals surface area contributed by atoms with Crippen LogP contribution in [0.15, 0.2) is 83.1 Å². The number of hydrogen-bond acceptors (Lipinski definition) is 4. The molecule has 0 aliphatic carbocycles. The van der Waals surface area contributed by atoms with E-state index in [0.717, 1.165) is 31.0 Å².